The van der Waals surface area contributed by atoms with E-state index >= 15 is 0 Å². The highest BCUT2D eigenvalue weighted by atomic mass is 19.3. The van der Waals surface area contributed by atoms with Crippen molar-refractivity contribution in [2.24, 2.45) is 5.92 Å². The predicted octanol–water partition coefficient (Wildman–Crippen LogP) is 4.14. The largest absolute Gasteiger partial charge is 0.378 e. The number of ether oxygens (including phenoxy) is 1. The van der Waals surface area contributed by atoms with Gasteiger partial charge in [-0.05, 0) is 57.4 Å². The first-order chi connectivity index (χ1) is 9.61. The van der Waals surface area contributed by atoms with E-state index in [2.05, 4.69) is 12.2 Å². The van der Waals surface area contributed by atoms with E-state index in [4.69, 9.17) is 4.74 Å². The zero-order chi connectivity index (χ0) is 14.4. The summed E-state index contributed by atoms with van der Waals surface area (Å²) in [5, 5.41) is 3.52. The average Bonchev–Trinajstić information content (AvgIpc) is 2.91. The first kappa shape index (κ1) is 16.2. The van der Waals surface area contributed by atoms with E-state index < -0.39 is 5.92 Å². The van der Waals surface area contributed by atoms with Gasteiger partial charge in [0.15, 0.2) is 0 Å². The summed E-state index contributed by atoms with van der Waals surface area (Å²) in [4.78, 5) is 0. The molecule has 0 radical (unpaired) electrons. The molecule has 118 valence electrons. The second-order valence-electron chi connectivity index (χ2n) is 6.42. The van der Waals surface area contributed by atoms with Gasteiger partial charge in [0, 0.05) is 25.5 Å². The normalized spacial score (nSPS) is 28.6. The van der Waals surface area contributed by atoms with Crippen LogP contribution in [0.3, 0.4) is 0 Å². The van der Waals surface area contributed by atoms with Gasteiger partial charge in [-0.3, -0.25) is 0 Å². The molecule has 0 aromatic rings. The van der Waals surface area contributed by atoms with E-state index in [1.54, 1.807) is 0 Å². The van der Waals surface area contributed by atoms with E-state index in [1.165, 1.54) is 12.8 Å². The zero-order valence-electron chi connectivity index (χ0n) is 12.7. The van der Waals surface area contributed by atoms with Gasteiger partial charge >= 0.3 is 0 Å². The molecule has 2 rings (SSSR count). The van der Waals surface area contributed by atoms with Gasteiger partial charge in [-0.2, -0.15) is 0 Å². The topological polar surface area (TPSA) is 21.3 Å². The highest BCUT2D eigenvalue weighted by Crippen LogP contribution is 2.38. The maximum absolute atomic E-state index is 13.2. The molecule has 0 amide bonds. The van der Waals surface area contributed by atoms with Crippen LogP contribution >= 0.6 is 0 Å². The molecule has 0 aromatic heterocycles. The van der Waals surface area contributed by atoms with Crippen molar-refractivity contribution in [2.45, 2.75) is 82.8 Å². The van der Waals surface area contributed by atoms with Crippen LogP contribution in [0.25, 0.3) is 0 Å². The van der Waals surface area contributed by atoms with Crippen LogP contribution < -0.4 is 5.32 Å². The summed E-state index contributed by atoms with van der Waals surface area (Å²) in [7, 11) is 0. The Kier molecular flexibility index (Phi) is 6.21. The number of hydrogen-bond acceptors (Lipinski definition) is 2. The Morgan fingerprint density at radius 2 is 2.00 bits per heavy atom. The van der Waals surface area contributed by atoms with Crippen LogP contribution in [0.5, 0.6) is 0 Å². The summed E-state index contributed by atoms with van der Waals surface area (Å²) in [5.41, 5.74) is 0. The van der Waals surface area contributed by atoms with E-state index in [9.17, 15) is 8.78 Å². The van der Waals surface area contributed by atoms with Crippen molar-refractivity contribution < 1.29 is 13.5 Å². The van der Waals surface area contributed by atoms with Gasteiger partial charge in [0.05, 0.1) is 6.10 Å². The van der Waals surface area contributed by atoms with Gasteiger partial charge in [-0.15, -0.1) is 0 Å². The third-order valence-corrected chi connectivity index (χ3v) is 4.86. The van der Waals surface area contributed by atoms with Crippen molar-refractivity contribution in [3.63, 3.8) is 0 Å². The summed E-state index contributed by atoms with van der Waals surface area (Å²) in [5.74, 6) is -1.98. The minimum atomic E-state index is -2.41. The number of alkyl halides is 2. The Balaban J connectivity index is 1.72. The number of rotatable bonds is 7. The van der Waals surface area contributed by atoms with Crippen LogP contribution in [0.4, 0.5) is 8.78 Å². The molecule has 0 bridgehead atoms. The lowest BCUT2D eigenvalue weighted by atomic mass is 9.80. The SMILES string of the molecule is CCNC(CCCC1CCCO1)C1CCC(F)(F)CC1. The third kappa shape index (κ3) is 4.96. The summed E-state index contributed by atoms with van der Waals surface area (Å²) in [6.07, 6.45) is 7.71. The van der Waals surface area contributed by atoms with Crippen LogP contribution in [-0.4, -0.2) is 31.2 Å². The lowest BCUT2D eigenvalue weighted by molar-refractivity contribution is -0.0499. The maximum Gasteiger partial charge on any atom is 0.248 e. The average molecular weight is 289 g/mol. The quantitative estimate of drug-likeness (QED) is 0.760. The van der Waals surface area contributed by atoms with Crippen molar-refractivity contribution in [1.29, 1.82) is 0 Å². The van der Waals surface area contributed by atoms with Gasteiger partial charge in [0.2, 0.25) is 5.92 Å². The van der Waals surface area contributed by atoms with Crippen LogP contribution in [0.1, 0.15) is 64.7 Å². The lowest BCUT2D eigenvalue weighted by Gasteiger charge is -2.34. The zero-order valence-corrected chi connectivity index (χ0v) is 12.7. The fourth-order valence-electron chi connectivity index (χ4n) is 3.67. The molecule has 1 N–H and O–H groups in total. The van der Waals surface area contributed by atoms with Gasteiger partial charge in [0.25, 0.3) is 0 Å². The molecule has 1 aliphatic carbocycles. The van der Waals surface area contributed by atoms with E-state index in [0.717, 1.165) is 32.4 Å². The number of hydrogen-bond donors (Lipinski definition) is 1. The smallest absolute Gasteiger partial charge is 0.248 e. The summed E-state index contributed by atoms with van der Waals surface area (Å²) < 4.78 is 32.1. The Morgan fingerprint density at radius 1 is 1.25 bits per heavy atom. The lowest BCUT2D eigenvalue weighted by Crippen LogP contribution is -2.40. The molecule has 0 spiro atoms. The standard InChI is InChI=1S/C16H29F2NO/c1-2-19-15(7-3-5-14-6-4-12-20-14)13-8-10-16(17,18)11-9-13/h13-15,19H,2-12H2,1H3. The Hall–Kier alpha value is -0.220. The highest BCUT2D eigenvalue weighted by molar-refractivity contribution is 4.85. The molecular formula is C16H29F2NO. The minimum absolute atomic E-state index is 0.0747. The van der Waals surface area contributed by atoms with Crippen molar-refractivity contribution in [2.75, 3.05) is 13.2 Å². The first-order valence-corrected chi connectivity index (χ1v) is 8.33. The molecule has 2 unspecified atom stereocenters. The molecular weight excluding hydrogens is 260 g/mol. The molecule has 2 atom stereocenters. The number of nitrogens with one attached hydrogen (secondary N) is 1. The summed E-state index contributed by atoms with van der Waals surface area (Å²) in [6.45, 7) is 3.95. The Labute approximate surface area is 121 Å². The second-order valence-corrected chi connectivity index (χ2v) is 6.42. The van der Waals surface area contributed by atoms with Gasteiger partial charge in [-0.1, -0.05) is 6.92 Å². The van der Waals surface area contributed by atoms with Crippen LogP contribution in [0, 0.1) is 5.92 Å². The predicted molar refractivity (Wildman–Crippen MR) is 77.2 cm³/mol. The molecule has 2 fully saturated rings. The summed E-state index contributed by atoms with van der Waals surface area (Å²) >= 11 is 0. The third-order valence-electron chi connectivity index (χ3n) is 4.86. The Morgan fingerprint density at radius 3 is 2.60 bits per heavy atom. The van der Waals surface area contributed by atoms with Crippen LogP contribution in [-0.2, 0) is 4.74 Å². The molecule has 1 saturated carbocycles. The minimum Gasteiger partial charge on any atom is -0.378 e. The van der Waals surface area contributed by atoms with E-state index in [-0.39, 0.29) is 12.8 Å². The van der Waals surface area contributed by atoms with E-state index in [0.29, 0.717) is 30.9 Å². The molecule has 1 saturated heterocycles. The van der Waals surface area contributed by atoms with Crippen LogP contribution in [0.2, 0.25) is 0 Å². The highest BCUT2D eigenvalue weighted by Gasteiger charge is 2.37. The van der Waals surface area contributed by atoms with Crippen molar-refractivity contribution in [1.82, 2.24) is 5.32 Å². The monoisotopic (exact) mass is 289 g/mol. The van der Waals surface area contributed by atoms with Crippen molar-refractivity contribution >= 4 is 0 Å². The van der Waals surface area contributed by atoms with Gasteiger partial charge < -0.3 is 10.1 Å². The molecule has 0 aromatic carbocycles. The van der Waals surface area contributed by atoms with Crippen LogP contribution in [0.15, 0.2) is 0 Å². The van der Waals surface area contributed by atoms with Crippen molar-refractivity contribution in [3.05, 3.63) is 0 Å². The molecule has 4 heteroatoms. The fraction of sp³-hybridized carbons (Fsp3) is 1.00. The molecule has 2 nitrogen and oxygen atoms in total. The van der Waals surface area contributed by atoms with E-state index in [1.807, 2.05) is 0 Å². The fourth-order valence-corrected chi connectivity index (χ4v) is 3.67. The van der Waals surface area contributed by atoms with Gasteiger partial charge in [0.1, 0.15) is 0 Å². The molecule has 20 heavy (non-hydrogen) atoms. The first-order valence-electron chi connectivity index (χ1n) is 8.33. The molecule has 2 aliphatic rings. The molecule has 1 aliphatic heterocycles. The molecule has 1 heterocycles. The van der Waals surface area contributed by atoms with Crippen molar-refractivity contribution in [3.8, 4) is 0 Å². The number of halogens is 2. The Bertz CT molecular complexity index is 270. The maximum atomic E-state index is 13.2. The second kappa shape index (κ2) is 7.69. The summed E-state index contributed by atoms with van der Waals surface area (Å²) in [6, 6.07) is 0.414. The van der Waals surface area contributed by atoms with Gasteiger partial charge in [-0.25, -0.2) is 8.78 Å².